The van der Waals surface area contributed by atoms with Gasteiger partial charge in [0.2, 0.25) is 5.91 Å². The Kier molecular flexibility index (Phi) is 5.69. The summed E-state index contributed by atoms with van der Waals surface area (Å²) in [6.07, 6.45) is 3.85. The highest BCUT2D eigenvalue weighted by molar-refractivity contribution is 5.96. The van der Waals surface area contributed by atoms with Crippen LogP contribution >= 0.6 is 0 Å². The van der Waals surface area contributed by atoms with Crippen molar-refractivity contribution in [1.82, 2.24) is 0 Å². The lowest BCUT2D eigenvalue weighted by atomic mass is 10.1. The van der Waals surface area contributed by atoms with Crippen LogP contribution in [0.1, 0.15) is 35.3 Å². The van der Waals surface area contributed by atoms with Gasteiger partial charge in [0.15, 0.2) is 0 Å². The van der Waals surface area contributed by atoms with E-state index >= 15 is 0 Å². The summed E-state index contributed by atoms with van der Waals surface area (Å²) in [5.41, 5.74) is 2.86. The van der Waals surface area contributed by atoms with Gasteiger partial charge in [-0.15, -0.1) is 0 Å². The normalized spacial score (nSPS) is 10.5. The third kappa shape index (κ3) is 4.81. The van der Waals surface area contributed by atoms with Gasteiger partial charge in [0.1, 0.15) is 0 Å². The second-order valence-electron chi connectivity index (χ2n) is 4.95. The van der Waals surface area contributed by atoms with Crippen LogP contribution in [0.3, 0.4) is 0 Å². The Labute approximate surface area is 135 Å². The van der Waals surface area contributed by atoms with E-state index in [0.717, 1.165) is 11.1 Å². The minimum atomic E-state index is -0.405. The van der Waals surface area contributed by atoms with Crippen molar-refractivity contribution in [3.63, 3.8) is 0 Å². The Morgan fingerprint density at radius 3 is 2.48 bits per heavy atom. The number of anilines is 1. The summed E-state index contributed by atoms with van der Waals surface area (Å²) >= 11 is 0. The van der Waals surface area contributed by atoms with E-state index in [1.54, 1.807) is 25.1 Å². The molecule has 118 valence electrons. The highest BCUT2D eigenvalue weighted by Crippen LogP contribution is 2.21. The monoisotopic (exact) mass is 309 g/mol. The van der Waals surface area contributed by atoms with E-state index in [1.807, 2.05) is 42.5 Å². The molecule has 0 radical (unpaired) electrons. The molecular weight excluding hydrogens is 290 g/mol. The van der Waals surface area contributed by atoms with Gasteiger partial charge in [-0.2, -0.15) is 0 Å². The largest absolute Gasteiger partial charge is 0.462 e. The molecule has 0 aliphatic rings. The number of esters is 1. The third-order valence-electron chi connectivity index (χ3n) is 3.13. The second kappa shape index (κ2) is 7.94. The van der Waals surface area contributed by atoms with Crippen LogP contribution in [0, 0.1) is 0 Å². The summed E-state index contributed by atoms with van der Waals surface area (Å²) < 4.78 is 4.99. The lowest BCUT2D eigenvalue weighted by Crippen LogP contribution is -2.10. The van der Waals surface area contributed by atoms with Crippen molar-refractivity contribution in [2.45, 2.75) is 13.8 Å². The highest BCUT2D eigenvalue weighted by Gasteiger charge is 2.10. The lowest BCUT2D eigenvalue weighted by molar-refractivity contribution is -0.114. The molecule has 0 heterocycles. The summed E-state index contributed by atoms with van der Waals surface area (Å²) in [5.74, 6) is -0.599. The average molecular weight is 309 g/mol. The van der Waals surface area contributed by atoms with Gasteiger partial charge in [0, 0.05) is 12.6 Å². The van der Waals surface area contributed by atoms with E-state index in [4.69, 9.17) is 4.74 Å². The van der Waals surface area contributed by atoms with Crippen molar-refractivity contribution in [1.29, 1.82) is 0 Å². The Balaban J connectivity index is 2.32. The van der Waals surface area contributed by atoms with E-state index < -0.39 is 5.97 Å². The minimum absolute atomic E-state index is 0.194. The minimum Gasteiger partial charge on any atom is -0.462 e. The quantitative estimate of drug-likeness (QED) is 0.671. The summed E-state index contributed by atoms with van der Waals surface area (Å²) in [6, 6.07) is 14.9. The molecule has 0 bridgehead atoms. The topological polar surface area (TPSA) is 55.4 Å². The molecule has 0 aliphatic heterocycles. The summed E-state index contributed by atoms with van der Waals surface area (Å²) in [6.45, 7) is 3.50. The first-order valence-electron chi connectivity index (χ1n) is 7.42. The number of rotatable bonds is 5. The van der Waals surface area contributed by atoms with Crippen LogP contribution in [0.25, 0.3) is 12.2 Å². The highest BCUT2D eigenvalue weighted by atomic mass is 16.5. The van der Waals surface area contributed by atoms with Gasteiger partial charge < -0.3 is 10.1 Å². The zero-order valence-corrected chi connectivity index (χ0v) is 13.2. The number of ether oxygens (including phenoxy) is 1. The van der Waals surface area contributed by atoms with Gasteiger partial charge in [-0.1, -0.05) is 48.6 Å². The fourth-order valence-electron chi connectivity index (χ4n) is 2.09. The number of hydrogen-bond donors (Lipinski definition) is 1. The van der Waals surface area contributed by atoms with E-state index in [1.165, 1.54) is 6.92 Å². The zero-order chi connectivity index (χ0) is 16.7. The molecule has 1 N–H and O–H groups in total. The Morgan fingerprint density at radius 1 is 1.09 bits per heavy atom. The van der Waals surface area contributed by atoms with E-state index in [9.17, 15) is 9.59 Å². The molecule has 0 saturated heterocycles. The molecule has 1 amide bonds. The third-order valence-corrected chi connectivity index (χ3v) is 3.13. The van der Waals surface area contributed by atoms with Crippen molar-refractivity contribution in [2.24, 2.45) is 0 Å². The molecule has 0 unspecified atom stereocenters. The molecule has 2 aromatic rings. The molecule has 0 atom stereocenters. The van der Waals surface area contributed by atoms with Gasteiger partial charge in [0.05, 0.1) is 12.2 Å². The maximum atomic E-state index is 11.8. The molecule has 23 heavy (non-hydrogen) atoms. The van der Waals surface area contributed by atoms with E-state index in [2.05, 4.69) is 5.32 Å². The van der Waals surface area contributed by atoms with Gasteiger partial charge in [-0.05, 0) is 30.2 Å². The first-order chi connectivity index (χ1) is 11.1. The van der Waals surface area contributed by atoms with Crippen LogP contribution in [0.15, 0.2) is 48.5 Å². The number of benzene rings is 2. The molecule has 4 heteroatoms. The number of carbonyl (C=O) groups is 2. The number of amides is 1. The SMILES string of the molecule is CCOC(=O)c1ccc(/C=C/c2ccccc2)c(NC(C)=O)c1. The fraction of sp³-hybridized carbons (Fsp3) is 0.158. The Hall–Kier alpha value is -2.88. The smallest absolute Gasteiger partial charge is 0.338 e. The van der Waals surface area contributed by atoms with Crippen LogP contribution in [0.2, 0.25) is 0 Å². The fourth-order valence-corrected chi connectivity index (χ4v) is 2.09. The molecular formula is C19H19NO3. The van der Waals surface area contributed by atoms with Crippen molar-refractivity contribution < 1.29 is 14.3 Å². The molecule has 0 spiro atoms. The Bertz CT molecular complexity index is 721. The maximum Gasteiger partial charge on any atom is 0.338 e. The molecule has 2 rings (SSSR count). The number of nitrogens with one attached hydrogen (secondary N) is 1. The van der Waals surface area contributed by atoms with Crippen LogP contribution in [-0.4, -0.2) is 18.5 Å². The number of carbonyl (C=O) groups excluding carboxylic acids is 2. The van der Waals surface area contributed by atoms with Gasteiger partial charge in [-0.3, -0.25) is 4.79 Å². The van der Waals surface area contributed by atoms with Crippen molar-refractivity contribution in [2.75, 3.05) is 11.9 Å². The molecule has 0 aromatic heterocycles. The summed E-state index contributed by atoms with van der Waals surface area (Å²) in [4.78, 5) is 23.2. The predicted molar refractivity (Wildman–Crippen MR) is 92.1 cm³/mol. The summed E-state index contributed by atoms with van der Waals surface area (Å²) in [5, 5.41) is 2.75. The maximum absolute atomic E-state index is 11.8. The van der Waals surface area contributed by atoms with E-state index in [-0.39, 0.29) is 5.91 Å². The second-order valence-corrected chi connectivity index (χ2v) is 4.95. The zero-order valence-electron chi connectivity index (χ0n) is 13.2. The molecule has 0 aliphatic carbocycles. The lowest BCUT2D eigenvalue weighted by Gasteiger charge is -2.09. The van der Waals surface area contributed by atoms with Crippen molar-refractivity contribution in [3.05, 3.63) is 65.2 Å². The molecule has 4 nitrogen and oxygen atoms in total. The van der Waals surface area contributed by atoms with Crippen molar-refractivity contribution in [3.8, 4) is 0 Å². The van der Waals surface area contributed by atoms with Gasteiger partial charge in [0.25, 0.3) is 0 Å². The van der Waals surface area contributed by atoms with Crippen LogP contribution in [-0.2, 0) is 9.53 Å². The van der Waals surface area contributed by atoms with Crippen LogP contribution < -0.4 is 5.32 Å². The molecule has 0 saturated carbocycles. The number of hydrogen-bond acceptors (Lipinski definition) is 3. The summed E-state index contributed by atoms with van der Waals surface area (Å²) in [7, 11) is 0. The van der Waals surface area contributed by atoms with E-state index in [0.29, 0.717) is 17.9 Å². The van der Waals surface area contributed by atoms with Crippen molar-refractivity contribution >= 4 is 29.7 Å². The first-order valence-corrected chi connectivity index (χ1v) is 7.42. The van der Waals surface area contributed by atoms with Crippen LogP contribution in [0.4, 0.5) is 5.69 Å². The average Bonchev–Trinajstić information content (AvgIpc) is 2.54. The predicted octanol–water partition coefficient (Wildman–Crippen LogP) is 3.99. The molecule has 2 aromatic carbocycles. The standard InChI is InChI=1S/C19H19NO3/c1-3-23-19(22)17-12-11-16(18(13-17)20-14(2)21)10-9-15-7-5-4-6-8-15/h4-13H,3H2,1-2H3,(H,20,21)/b10-9+. The van der Waals surface area contributed by atoms with Crippen LogP contribution in [0.5, 0.6) is 0 Å². The Morgan fingerprint density at radius 2 is 1.83 bits per heavy atom. The van der Waals surface area contributed by atoms with Gasteiger partial charge >= 0.3 is 5.97 Å². The van der Waals surface area contributed by atoms with Gasteiger partial charge in [-0.25, -0.2) is 4.79 Å². The molecule has 0 fully saturated rings. The first kappa shape index (κ1) is 16.5.